The summed E-state index contributed by atoms with van der Waals surface area (Å²) >= 11 is 7.78. The molecule has 0 atom stereocenters. The molecule has 0 aliphatic carbocycles. The summed E-state index contributed by atoms with van der Waals surface area (Å²) in [5, 5.41) is 14.8. The van der Waals surface area contributed by atoms with Crippen LogP contribution in [0.4, 0.5) is 5.69 Å². The van der Waals surface area contributed by atoms with Crippen molar-refractivity contribution in [2.24, 2.45) is 0 Å². The first-order valence-electron chi connectivity index (χ1n) is 5.71. The van der Waals surface area contributed by atoms with Gasteiger partial charge in [-0.2, -0.15) is 5.26 Å². The van der Waals surface area contributed by atoms with Crippen molar-refractivity contribution in [3.05, 3.63) is 51.2 Å². The van der Waals surface area contributed by atoms with Gasteiger partial charge in [-0.05, 0) is 41.6 Å². The second-order valence-electron chi connectivity index (χ2n) is 3.90. The molecule has 0 bridgehead atoms. The Hall–Kier alpha value is -1.50. The van der Waals surface area contributed by atoms with Crippen molar-refractivity contribution in [2.75, 3.05) is 11.9 Å². The van der Waals surface area contributed by atoms with Crippen molar-refractivity contribution in [1.82, 2.24) is 0 Å². The molecule has 2 nitrogen and oxygen atoms in total. The van der Waals surface area contributed by atoms with Gasteiger partial charge in [0.25, 0.3) is 0 Å². The molecule has 2 rings (SSSR count). The van der Waals surface area contributed by atoms with Crippen LogP contribution in [0.15, 0.2) is 35.7 Å². The number of rotatable bonds is 5. The third-order valence-electron chi connectivity index (χ3n) is 2.60. The lowest BCUT2D eigenvalue weighted by molar-refractivity contribution is 1.04. The second kappa shape index (κ2) is 6.44. The van der Waals surface area contributed by atoms with Gasteiger partial charge in [-0.25, -0.2) is 0 Å². The van der Waals surface area contributed by atoms with Gasteiger partial charge in [0.05, 0.1) is 12.5 Å². The number of nitriles is 1. The number of anilines is 1. The van der Waals surface area contributed by atoms with E-state index in [2.05, 4.69) is 28.9 Å². The van der Waals surface area contributed by atoms with E-state index < -0.39 is 0 Å². The molecule has 1 aromatic heterocycles. The van der Waals surface area contributed by atoms with E-state index >= 15 is 0 Å². The van der Waals surface area contributed by atoms with Crippen molar-refractivity contribution < 1.29 is 0 Å². The van der Waals surface area contributed by atoms with Crippen molar-refractivity contribution in [1.29, 1.82) is 5.26 Å². The Morgan fingerprint density at radius 1 is 1.33 bits per heavy atom. The normalized spacial score (nSPS) is 10.0. The Labute approximate surface area is 116 Å². The number of nitrogens with one attached hydrogen (secondary N) is 1. The van der Waals surface area contributed by atoms with Gasteiger partial charge in [0.15, 0.2) is 0 Å². The highest BCUT2D eigenvalue weighted by atomic mass is 35.5. The van der Waals surface area contributed by atoms with Crippen LogP contribution < -0.4 is 5.32 Å². The van der Waals surface area contributed by atoms with Crippen molar-refractivity contribution in [3.8, 4) is 6.07 Å². The molecule has 18 heavy (non-hydrogen) atoms. The molecule has 0 aliphatic heterocycles. The molecule has 0 saturated heterocycles. The third-order valence-corrected chi connectivity index (χ3v) is 3.90. The Bertz CT molecular complexity index is 543. The molecule has 1 N–H and O–H groups in total. The van der Waals surface area contributed by atoms with E-state index in [4.69, 9.17) is 16.9 Å². The van der Waals surface area contributed by atoms with Gasteiger partial charge in [0.2, 0.25) is 0 Å². The molecule has 0 radical (unpaired) electrons. The van der Waals surface area contributed by atoms with Gasteiger partial charge < -0.3 is 5.32 Å². The molecule has 4 heteroatoms. The topological polar surface area (TPSA) is 35.8 Å². The van der Waals surface area contributed by atoms with E-state index in [9.17, 15) is 0 Å². The maximum Gasteiger partial charge on any atom is 0.0670 e. The van der Waals surface area contributed by atoms with E-state index in [0.29, 0.717) is 11.4 Å². The van der Waals surface area contributed by atoms with Gasteiger partial charge in [-0.15, -0.1) is 11.3 Å². The summed E-state index contributed by atoms with van der Waals surface area (Å²) in [7, 11) is 0. The van der Waals surface area contributed by atoms with Crippen LogP contribution in [0.1, 0.15) is 10.4 Å². The number of thiophene rings is 1. The van der Waals surface area contributed by atoms with Gasteiger partial charge >= 0.3 is 0 Å². The molecule has 0 spiro atoms. The van der Waals surface area contributed by atoms with Gasteiger partial charge in [-0.3, -0.25) is 0 Å². The predicted octanol–water partition coefficient (Wildman–Crippen LogP) is 4.12. The van der Waals surface area contributed by atoms with Crippen LogP contribution in [0.5, 0.6) is 0 Å². The summed E-state index contributed by atoms with van der Waals surface area (Å²) in [6.07, 6.45) is 1.35. The fourth-order valence-corrected chi connectivity index (χ4v) is 2.58. The molecule has 0 amide bonds. The molecule has 0 unspecified atom stereocenters. The van der Waals surface area contributed by atoms with E-state index in [1.165, 1.54) is 4.88 Å². The quantitative estimate of drug-likeness (QED) is 0.892. The lowest BCUT2D eigenvalue weighted by Gasteiger charge is -2.08. The lowest BCUT2D eigenvalue weighted by atomic mass is 10.1. The Morgan fingerprint density at radius 3 is 2.94 bits per heavy atom. The first-order valence-corrected chi connectivity index (χ1v) is 6.97. The summed E-state index contributed by atoms with van der Waals surface area (Å²) < 4.78 is 0. The van der Waals surface area contributed by atoms with Crippen LogP contribution in [0.25, 0.3) is 0 Å². The summed E-state index contributed by atoms with van der Waals surface area (Å²) in [4.78, 5) is 1.37. The molecule has 0 saturated carbocycles. The Balaban J connectivity index is 1.93. The summed E-state index contributed by atoms with van der Waals surface area (Å²) in [6.45, 7) is 0.883. The number of nitrogens with zero attached hydrogens (tertiary/aromatic N) is 1. The van der Waals surface area contributed by atoms with Crippen LogP contribution in [-0.4, -0.2) is 6.54 Å². The highest BCUT2D eigenvalue weighted by Gasteiger charge is 2.01. The van der Waals surface area contributed by atoms with Crippen LogP contribution in [0.3, 0.4) is 0 Å². The second-order valence-corrected chi connectivity index (χ2v) is 5.34. The van der Waals surface area contributed by atoms with E-state index in [1.807, 2.05) is 18.2 Å². The van der Waals surface area contributed by atoms with Crippen LogP contribution in [0.2, 0.25) is 5.02 Å². The zero-order valence-corrected chi connectivity index (χ0v) is 11.4. The third kappa shape index (κ3) is 3.49. The van der Waals surface area contributed by atoms with Crippen LogP contribution in [0, 0.1) is 11.3 Å². The zero-order chi connectivity index (χ0) is 12.8. The minimum Gasteiger partial charge on any atom is -0.385 e. The summed E-state index contributed by atoms with van der Waals surface area (Å²) in [5.74, 6) is 0. The van der Waals surface area contributed by atoms with Crippen molar-refractivity contribution >= 4 is 28.6 Å². The number of hydrogen-bond acceptors (Lipinski definition) is 3. The number of hydrogen-bond donors (Lipinski definition) is 1. The van der Waals surface area contributed by atoms with Crippen molar-refractivity contribution in [2.45, 2.75) is 12.8 Å². The highest BCUT2D eigenvalue weighted by molar-refractivity contribution is 7.09. The van der Waals surface area contributed by atoms with Gasteiger partial charge in [0.1, 0.15) is 0 Å². The minimum atomic E-state index is 0.347. The van der Waals surface area contributed by atoms with Gasteiger partial charge in [-0.1, -0.05) is 17.7 Å². The van der Waals surface area contributed by atoms with Crippen LogP contribution >= 0.6 is 22.9 Å². The monoisotopic (exact) mass is 276 g/mol. The molecule has 2 aromatic rings. The van der Waals surface area contributed by atoms with Crippen molar-refractivity contribution in [3.63, 3.8) is 0 Å². The fraction of sp³-hybridized carbons (Fsp3) is 0.214. The predicted molar refractivity (Wildman–Crippen MR) is 77.3 cm³/mol. The Kier molecular flexibility index (Phi) is 4.63. The summed E-state index contributed by atoms with van der Waals surface area (Å²) in [6, 6.07) is 12.0. The molecule has 1 heterocycles. The van der Waals surface area contributed by atoms with E-state index in [1.54, 1.807) is 11.3 Å². The SMILES string of the molecule is N#CCc1cc(NCCc2cccs2)ccc1Cl. The maximum atomic E-state index is 8.71. The fourth-order valence-electron chi connectivity index (χ4n) is 1.69. The zero-order valence-electron chi connectivity index (χ0n) is 9.82. The smallest absolute Gasteiger partial charge is 0.0670 e. The number of benzene rings is 1. The average molecular weight is 277 g/mol. The standard InChI is InChI=1S/C14H13ClN2S/c15-14-4-3-12(10-11(14)5-7-16)17-8-6-13-2-1-9-18-13/h1-4,9-10,17H,5-6,8H2. The average Bonchev–Trinajstić information content (AvgIpc) is 2.87. The first-order chi connectivity index (χ1) is 8.79. The van der Waals surface area contributed by atoms with E-state index in [0.717, 1.165) is 24.2 Å². The van der Waals surface area contributed by atoms with E-state index in [-0.39, 0.29) is 0 Å². The molecule has 0 aliphatic rings. The Morgan fingerprint density at radius 2 is 2.22 bits per heavy atom. The maximum absolute atomic E-state index is 8.71. The highest BCUT2D eigenvalue weighted by Crippen LogP contribution is 2.21. The first kappa shape index (κ1) is 12.9. The van der Waals surface area contributed by atoms with Crippen LogP contribution in [-0.2, 0) is 12.8 Å². The minimum absolute atomic E-state index is 0.347. The molecule has 92 valence electrons. The molecule has 1 aromatic carbocycles. The summed E-state index contributed by atoms with van der Waals surface area (Å²) in [5.41, 5.74) is 1.89. The largest absolute Gasteiger partial charge is 0.385 e. The number of halogens is 1. The molecular formula is C14H13ClN2S. The van der Waals surface area contributed by atoms with Gasteiger partial charge in [0, 0.05) is 22.1 Å². The lowest BCUT2D eigenvalue weighted by Crippen LogP contribution is -2.04. The molecule has 0 fully saturated rings. The molecular weight excluding hydrogens is 264 g/mol.